The summed E-state index contributed by atoms with van der Waals surface area (Å²) in [6.07, 6.45) is 1.08. The van der Waals surface area contributed by atoms with Crippen LogP contribution >= 0.6 is 0 Å². The molecule has 102 valence electrons. The highest BCUT2D eigenvalue weighted by molar-refractivity contribution is 7.94. The standard InChI is InChI=1S/C11H12N2O5S/c12-19(17,18)9(11(16)13-7-10(14)15)6-8-4-2-1-3-5-8/h1-6H,7H2,(H,13,16)(H,14,15)(H2,12,17,18). The molecule has 0 radical (unpaired) electrons. The number of benzene rings is 1. The number of carbonyl (C=O) groups is 2. The van der Waals surface area contributed by atoms with Crippen molar-refractivity contribution in [1.29, 1.82) is 0 Å². The Kier molecular flexibility index (Phi) is 4.79. The molecule has 7 nitrogen and oxygen atoms in total. The van der Waals surface area contributed by atoms with Crippen LogP contribution in [0, 0.1) is 0 Å². The fourth-order valence-electron chi connectivity index (χ4n) is 1.22. The molecule has 0 bridgehead atoms. The van der Waals surface area contributed by atoms with Gasteiger partial charge in [-0.15, -0.1) is 0 Å². The van der Waals surface area contributed by atoms with Gasteiger partial charge in [0.25, 0.3) is 5.91 Å². The lowest BCUT2D eigenvalue weighted by atomic mass is 10.2. The van der Waals surface area contributed by atoms with E-state index in [1.165, 1.54) is 0 Å². The maximum Gasteiger partial charge on any atom is 0.322 e. The zero-order valence-electron chi connectivity index (χ0n) is 9.74. The highest BCUT2D eigenvalue weighted by Crippen LogP contribution is 2.10. The van der Waals surface area contributed by atoms with Crippen LogP contribution in [-0.4, -0.2) is 31.9 Å². The van der Waals surface area contributed by atoms with Gasteiger partial charge in [0, 0.05) is 0 Å². The first-order valence-corrected chi connectivity index (χ1v) is 6.65. The Bertz CT molecular complexity index is 607. The second-order valence-corrected chi connectivity index (χ2v) is 5.07. The van der Waals surface area contributed by atoms with E-state index >= 15 is 0 Å². The highest BCUT2D eigenvalue weighted by atomic mass is 32.2. The molecule has 0 aliphatic rings. The van der Waals surface area contributed by atoms with Gasteiger partial charge >= 0.3 is 5.97 Å². The van der Waals surface area contributed by atoms with Crippen molar-refractivity contribution in [2.75, 3.05) is 6.54 Å². The summed E-state index contributed by atoms with van der Waals surface area (Å²) < 4.78 is 22.6. The van der Waals surface area contributed by atoms with Crippen molar-refractivity contribution in [3.8, 4) is 0 Å². The number of nitrogens with one attached hydrogen (secondary N) is 1. The van der Waals surface area contributed by atoms with Gasteiger partial charge in [0.1, 0.15) is 11.4 Å². The van der Waals surface area contributed by atoms with Gasteiger partial charge in [0.05, 0.1) is 0 Å². The van der Waals surface area contributed by atoms with Crippen LogP contribution in [0.1, 0.15) is 5.56 Å². The molecule has 0 fully saturated rings. The van der Waals surface area contributed by atoms with E-state index in [-0.39, 0.29) is 0 Å². The number of nitrogens with two attached hydrogens (primary N) is 1. The molecule has 1 aromatic carbocycles. The molecule has 0 aliphatic heterocycles. The molecule has 0 heterocycles. The van der Waals surface area contributed by atoms with Crippen LogP contribution in [-0.2, 0) is 19.6 Å². The van der Waals surface area contributed by atoms with E-state index in [4.69, 9.17) is 10.2 Å². The average molecular weight is 284 g/mol. The smallest absolute Gasteiger partial charge is 0.322 e. The van der Waals surface area contributed by atoms with Crippen molar-refractivity contribution in [2.45, 2.75) is 0 Å². The normalized spacial score (nSPS) is 11.9. The molecule has 0 aliphatic carbocycles. The molecule has 1 amide bonds. The van der Waals surface area contributed by atoms with Crippen LogP contribution in [0.15, 0.2) is 35.2 Å². The van der Waals surface area contributed by atoms with Crippen molar-refractivity contribution < 1.29 is 23.1 Å². The summed E-state index contributed by atoms with van der Waals surface area (Å²) in [5.74, 6) is -2.35. The number of carboxylic acids is 1. The van der Waals surface area contributed by atoms with Gasteiger partial charge in [-0.3, -0.25) is 9.59 Å². The van der Waals surface area contributed by atoms with Crippen LogP contribution in [0.2, 0.25) is 0 Å². The number of amides is 1. The zero-order valence-corrected chi connectivity index (χ0v) is 10.6. The van der Waals surface area contributed by atoms with Crippen LogP contribution in [0.4, 0.5) is 0 Å². The number of hydrogen-bond donors (Lipinski definition) is 3. The van der Waals surface area contributed by atoms with Gasteiger partial charge in [0.15, 0.2) is 0 Å². The fraction of sp³-hybridized carbons (Fsp3) is 0.0909. The van der Waals surface area contributed by atoms with Crippen molar-refractivity contribution in [3.05, 3.63) is 40.8 Å². The van der Waals surface area contributed by atoms with Crippen molar-refractivity contribution in [3.63, 3.8) is 0 Å². The number of hydrogen-bond acceptors (Lipinski definition) is 4. The van der Waals surface area contributed by atoms with E-state index in [1.54, 1.807) is 30.3 Å². The van der Waals surface area contributed by atoms with Gasteiger partial charge in [-0.1, -0.05) is 30.3 Å². The highest BCUT2D eigenvalue weighted by Gasteiger charge is 2.21. The van der Waals surface area contributed by atoms with E-state index < -0.39 is 33.3 Å². The first kappa shape index (κ1) is 14.9. The number of carboxylic acid groups (broad SMARTS) is 1. The lowest BCUT2D eigenvalue weighted by Gasteiger charge is -2.05. The molecule has 0 atom stereocenters. The summed E-state index contributed by atoms with van der Waals surface area (Å²) in [6.45, 7) is -0.694. The molecule has 8 heteroatoms. The summed E-state index contributed by atoms with van der Waals surface area (Å²) in [5.41, 5.74) is 0.456. The van der Waals surface area contributed by atoms with E-state index in [0.717, 1.165) is 6.08 Å². The molecule has 1 aromatic rings. The minimum atomic E-state index is -4.25. The summed E-state index contributed by atoms with van der Waals surface area (Å²) in [4.78, 5) is 21.2. The molecular formula is C11H12N2O5S. The van der Waals surface area contributed by atoms with Gasteiger partial charge in [0.2, 0.25) is 10.0 Å². The summed E-state index contributed by atoms with van der Waals surface area (Å²) in [7, 11) is -4.25. The Hall–Kier alpha value is -2.19. The molecule has 0 unspecified atom stereocenters. The van der Waals surface area contributed by atoms with E-state index in [9.17, 15) is 18.0 Å². The van der Waals surface area contributed by atoms with E-state index in [0.29, 0.717) is 5.56 Å². The molecule has 4 N–H and O–H groups in total. The minimum Gasteiger partial charge on any atom is -0.480 e. The Morgan fingerprint density at radius 1 is 1.26 bits per heavy atom. The number of rotatable bonds is 5. The fourth-order valence-corrected chi connectivity index (χ4v) is 1.85. The van der Waals surface area contributed by atoms with Gasteiger partial charge < -0.3 is 10.4 Å². The third-order valence-corrected chi connectivity index (χ3v) is 2.94. The molecule has 19 heavy (non-hydrogen) atoms. The topological polar surface area (TPSA) is 127 Å². The maximum absolute atomic E-state index is 11.6. The summed E-state index contributed by atoms with van der Waals surface area (Å²) in [5, 5.41) is 15.3. The van der Waals surface area contributed by atoms with Crippen molar-refractivity contribution in [1.82, 2.24) is 5.32 Å². The number of primary sulfonamides is 1. The predicted octanol–water partition coefficient (Wildman–Crippen LogP) is -0.483. The number of sulfonamides is 1. The summed E-state index contributed by atoms with van der Waals surface area (Å²) >= 11 is 0. The van der Waals surface area contributed by atoms with Gasteiger partial charge in [-0.05, 0) is 11.6 Å². The second kappa shape index (κ2) is 6.12. The first-order chi connectivity index (χ1) is 8.80. The van der Waals surface area contributed by atoms with Crippen molar-refractivity contribution >= 4 is 28.0 Å². The second-order valence-electron chi connectivity index (χ2n) is 3.54. The van der Waals surface area contributed by atoms with Crippen LogP contribution in [0.25, 0.3) is 6.08 Å². The third-order valence-electron chi connectivity index (χ3n) is 2.03. The molecule has 0 spiro atoms. The average Bonchev–Trinajstić information content (AvgIpc) is 2.33. The van der Waals surface area contributed by atoms with Gasteiger partial charge in [-0.25, -0.2) is 13.6 Å². The van der Waals surface area contributed by atoms with Crippen LogP contribution in [0.3, 0.4) is 0 Å². The Morgan fingerprint density at radius 3 is 2.32 bits per heavy atom. The molecule has 0 aromatic heterocycles. The van der Waals surface area contributed by atoms with Crippen LogP contribution in [0.5, 0.6) is 0 Å². The molecule has 0 saturated heterocycles. The Morgan fingerprint density at radius 2 is 1.84 bits per heavy atom. The zero-order chi connectivity index (χ0) is 14.5. The van der Waals surface area contributed by atoms with E-state index in [2.05, 4.69) is 0 Å². The Labute approximate surface area is 109 Å². The summed E-state index contributed by atoms with van der Waals surface area (Å²) in [6, 6.07) is 8.19. The molecular weight excluding hydrogens is 272 g/mol. The number of carbonyl (C=O) groups excluding carboxylic acids is 1. The largest absolute Gasteiger partial charge is 0.480 e. The predicted molar refractivity (Wildman–Crippen MR) is 68.2 cm³/mol. The van der Waals surface area contributed by atoms with Gasteiger partial charge in [-0.2, -0.15) is 0 Å². The molecule has 0 saturated carbocycles. The SMILES string of the molecule is NS(=O)(=O)C(=Cc1ccccc1)C(=O)NCC(=O)O. The maximum atomic E-state index is 11.6. The Balaban J connectivity index is 3.07. The lowest BCUT2D eigenvalue weighted by molar-refractivity contribution is -0.137. The van der Waals surface area contributed by atoms with Crippen molar-refractivity contribution in [2.24, 2.45) is 5.14 Å². The lowest BCUT2D eigenvalue weighted by Crippen LogP contribution is -2.34. The monoisotopic (exact) mass is 284 g/mol. The first-order valence-electron chi connectivity index (χ1n) is 5.10. The van der Waals surface area contributed by atoms with E-state index in [1.807, 2.05) is 5.32 Å². The quantitative estimate of drug-likeness (QED) is 0.629. The van der Waals surface area contributed by atoms with Crippen LogP contribution < -0.4 is 10.5 Å². The minimum absolute atomic E-state index is 0.456. The number of aliphatic carboxylic acids is 1. The third kappa shape index (κ3) is 4.90. The molecule has 1 rings (SSSR count).